The zero-order valence-electron chi connectivity index (χ0n) is 8.49. The predicted molar refractivity (Wildman–Crippen MR) is 53.3 cm³/mol. The SMILES string of the molecule is O=C(O)N1CCC(c2ccc(F)cc2F)C1. The van der Waals surface area contributed by atoms with Crippen LogP contribution in [0, 0.1) is 11.6 Å². The average Bonchev–Trinajstić information content (AvgIpc) is 2.66. The number of hydrogen-bond donors (Lipinski definition) is 1. The molecule has 0 aliphatic carbocycles. The first-order valence-electron chi connectivity index (χ1n) is 5.00. The quantitative estimate of drug-likeness (QED) is 0.800. The van der Waals surface area contributed by atoms with Crippen molar-refractivity contribution in [2.45, 2.75) is 12.3 Å². The highest BCUT2D eigenvalue weighted by molar-refractivity contribution is 5.65. The van der Waals surface area contributed by atoms with Crippen LogP contribution in [0.5, 0.6) is 0 Å². The van der Waals surface area contributed by atoms with Gasteiger partial charge in [0.15, 0.2) is 0 Å². The fourth-order valence-corrected chi connectivity index (χ4v) is 2.02. The Morgan fingerprint density at radius 2 is 2.19 bits per heavy atom. The number of likely N-dealkylation sites (tertiary alicyclic amines) is 1. The molecule has 0 bridgehead atoms. The van der Waals surface area contributed by atoms with Gasteiger partial charge in [0.2, 0.25) is 0 Å². The molecule has 2 rings (SSSR count). The molecule has 1 atom stereocenters. The van der Waals surface area contributed by atoms with Crippen LogP contribution in [0.25, 0.3) is 0 Å². The maximum atomic E-state index is 13.4. The van der Waals surface area contributed by atoms with Gasteiger partial charge in [-0.15, -0.1) is 0 Å². The smallest absolute Gasteiger partial charge is 0.407 e. The molecule has 0 radical (unpaired) electrons. The van der Waals surface area contributed by atoms with Gasteiger partial charge in [-0.3, -0.25) is 0 Å². The third-order valence-electron chi connectivity index (χ3n) is 2.86. The van der Waals surface area contributed by atoms with Gasteiger partial charge in [-0.25, -0.2) is 13.6 Å². The van der Waals surface area contributed by atoms with Gasteiger partial charge >= 0.3 is 6.09 Å². The summed E-state index contributed by atoms with van der Waals surface area (Å²) in [5.74, 6) is -1.39. The van der Waals surface area contributed by atoms with E-state index in [1.807, 2.05) is 0 Å². The van der Waals surface area contributed by atoms with E-state index in [-0.39, 0.29) is 12.5 Å². The zero-order chi connectivity index (χ0) is 11.7. The maximum absolute atomic E-state index is 13.4. The van der Waals surface area contributed by atoms with E-state index in [4.69, 9.17) is 5.11 Å². The molecule has 0 spiro atoms. The van der Waals surface area contributed by atoms with Crippen LogP contribution in [0.15, 0.2) is 18.2 Å². The highest BCUT2D eigenvalue weighted by Crippen LogP contribution is 2.29. The molecule has 1 aliphatic rings. The fraction of sp³-hybridized carbons (Fsp3) is 0.364. The Morgan fingerprint density at radius 1 is 1.44 bits per heavy atom. The van der Waals surface area contributed by atoms with Crippen molar-refractivity contribution < 1.29 is 18.7 Å². The van der Waals surface area contributed by atoms with Gasteiger partial charge in [0.25, 0.3) is 0 Å². The first kappa shape index (κ1) is 10.9. The average molecular weight is 227 g/mol. The Balaban J connectivity index is 2.17. The molecule has 0 aromatic heterocycles. The second-order valence-electron chi connectivity index (χ2n) is 3.88. The molecule has 1 heterocycles. The molecule has 1 amide bonds. The Bertz CT molecular complexity index is 422. The molecule has 5 heteroatoms. The number of rotatable bonds is 1. The minimum absolute atomic E-state index is 0.170. The van der Waals surface area contributed by atoms with Crippen molar-refractivity contribution in [1.82, 2.24) is 4.90 Å². The summed E-state index contributed by atoms with van der Waals surface area (Å²) in [6.07, 6.45) is -0.417. The second kappa shape index (κ2) is 4.08. The van der Waals surface area contributed by atoms with Crippen LogP contribution >= 0.6 is 0 Å². The standard InChI is InChI=1S/C11H11F2NO2/c12-8-1-2-9(10(13)5-8)7-3-4-14(6-7)11(15)16/h1-2,5,7H,3-4,6H2,(H,15,16). The Kier molecular flexibility index (Phi) is 2.77. The lowest BCUT2D eigenvalue weighted by molar-refractivity contribution is 0.155. The first-order chi connectivity index (χ1) is 7.58. The van der Waals surface area contributed by atoms with Crippen molar-refractivity contribution in [3.05, 3.63) is 35.4 Å². The maximum Gasteiger partial charge on any atom is 0.407 e. The number of halogens is 2. The zero-order valence-corrected chi connectivity index (χ0v) is 8.49. The van der Waals surface area contributed by atoms with Gasteiger partial charge in [-0.2, -0.15) is 0 Å². The third-order valence-corrected chi connectivity index (χ3v) is 2.86. The fourth-order valence-electron chi connectivity index (χ4n) is 2.02. The molecule has 16 heavy (non-hydrogen) atoms. The molecule has 1 unspecified atom stereocenters. The Morgan fingerprint density at radius 3 is 2.75 bits per heavy atom. The van der Waals surface area contributed by atoms with Crippen molar-refractivity contribution in [2.24, 2.45) is 0 Å². The molecule has 86 valence electrons. The summed E-state index contributed by atoms with van der Waals surface area (Å²) in [5.41, 5.74) is 0.394. The Hall–Kier alpha value is -1.65. The van der Waals surface area contributed by atoms with E-state index >= 15 is 0 Å². The molecule has 1 aliphatic heterocycles. The number of hydrogen-bond acceptors (Lipinski definition) is 1. The summed E-state index contributed by atoms with van der Waals surface area (Å²) in [5, 5.41) is 8.76. The van der Waals surface area contributed by atoms with E-state index in [1.54, 1.807) is 0 Å². The minimum Gasteiger partial charge on any atom is -0.465 e. The summed E-state index contributed by atoms with van der Waals surface area (Å²) in [6.45, 7) is 0.675. The minimum atomic E-state index is -0.995. The van der Waals surface area contributed by atoms with Crippen LogP contribution in [-0.2, 0) is 0 Å². The van der Waals surface area contributed by atoms with Crippen molar-refractivity contribution in [3.8, 4) is 0 Å². The normalized spacial score (nSPS) is 20.1. The number of benzene rings is 1. The molecule has 0 saturated carbocycles. The van der Waals surface area contributed by atoms with Crippen LogP contribution in [-0.4, -0.2) is 29.2 Å². The van der Waals surface area contributed by atoms with E-state index in [0.717, 1.165) is 6.07 Å². The predicted octanol–water partition coefficient (Wildman–Crippen LogP) is 2.43. The Labute approximate surface area is 91.3 Å². The molecule has 3 nitrogen and oxygen atoms in total. The largest absolute Gasteiger partial charge is 0.465 e. The van der Waals surface area contributed by atoms with Crippen LogP contribution in [0.4, 0.5) is 13.6 Å². The molecule has 1 N–H and O–H groups in total. The van der Waals surface area contributed by atoms with Gasteiger partial charge in [0.1, 0.15) is 11.6 Å². The van der Waals surface area contributed by atoms with E-state index in [2.05, 4.69) is 0 Å². The van der Waals surface area contributed by atoms with Crippen LogP contribution in [0.1, 0.15) is 17.9 Å². The highest BCUT2D eigenvalue weighted by Gasteiger charge is 2.28. The monoisotopic (exact) mass is 227 g/mol. The third kappa shape index (κ3) is 1.98. The lowest BCUT2D eigenvalue weighted by atomic mass is 9.98. The van der Waals surface area contributed by atoms with Gasteiger partial charge in [0.05, 0.1) is 0 Å². The van der Waals surface area contributed by atoms with Crippen LogP contribution in [0.2, 0.25) is 0 Å². The van der Waals surface area contributed by atoms with Gasteiger partial charge in [-0.05, 0) is 18.1 Å². The number of amides is 1. The van der Waals surface area contributed by atoms with Crippen LogP contribution in [0.3, 0.4) is 0 Å². The summed E-state index contributed by atoms with van der Waals surface area (Å²) >= 11 is 0. The first-order valence-corrected chi connectivity index (χ1v) is 5.00. The van der Waals surface area contributed by atoms with Crippen molar-refractivity contribution in [1.29, 1.82) is 0 Å². The molecular formula is C11H11F2NO2. The summed E-state index contributed by atoms with van der Waals surface area (Å²) in [7, 11) is 0. The topological polar surface area (TPSA) is 40.5 Å². The number of nitrogens with zero attached hydrogens (tertiary/aromatic N) is 1. The number of carboxylic acid groups (broad SMARTS) is 1. The second-order valence-corrected chi connectivity index (χ2v) is 3.88. The van der Waals surface area contributed by atoms with E-state index < -0.39 is 17.7 Å². The molecule has 1 saturated heterocycles. The lowest BCUT2D eigenvalue weighted by Gasteiger charge is -2.13. The van der Waals surface area contributed by atoms with Crippen LogP contribution < -0.4 is 0 Å². The van der Waals surface area contributed by atoms with E-state index in [0.29, 0.717) is 18.5 Å². The van der Waals surface area contributed by atoms with E-state index in [9.17, 15) is 13.6 Å². The highest BCUT2D eigenvalue weighted by atomic mass is 19.1. The molecule has 1 aromatic rings. The van der Waals surface area contributed by atoms with Crippen molar-refractivity contribution in [2.75, 3.05) is 13.1 Å². The van der Waals surface area contributed by atoms with Gasteiger partial charge in [-0.1, -0.05) is 6.07 Å². The lowest BCUT2D eigenvalue weighted by Crippen LogP contribution is -2.26. The number of carbonyl (C=O) groups is 1. The van der Waals surface area contributed by atoms with Gasteiger partial charge in [0, 0.05) is 25.1 Å². The molecule has 1 aromatic carbocycles. The van der Waals surface area contributed by atoms with Crippen molar-refractivity contribution in [3.63, 3.8) is 0 Å². The molecule has 1 fully saturated rings. The van der Waals surface area contributed by atoms with Crippen molar-refractivity contribution >= 4 is 6.09 Å². The summed E-state index contributed by atoms with van der Waals surface area (Å²) in [4.78, 5) is 11.9. The van der Waals surface area contributed by atoms with Gasteiger partial charge < -0.3 is 10.0 Å². The summed E-state index contributed by atoms with van der Waals surface area (Å²) < 4.78 is 26.1. The van der Waals surface area contributed by atoms with E-state index in [1.165, 1.54) is 17.0 Å². The molecular weight excluding hydrogens is 216 g/mol. The summed E-state index contributed by atoms with van der Waals surface area (Å²) in [6, 6.07) is 3.42.